The van der Waals surface area contributed by atoms with E-state index in [2.05, 4.69) is 15.5 Å². The summed E-state index contributed by atoms with van der Waals surface area (Å²) in [6.45, 7) is 3.67. The van der Waals surface area contributed by atoms with Crippen LogP contribution in [-0.4, -0.2) is 35.9 Å². The highest BCUT2D eigenvalue weighted by molar-refractivity contribution is 8.01. The van der Waals surface area contributed by atoms with Gasteiger partial charge in [-0.05, 0) is 62.2 Å². The number of nitrogens with one attached hydrogen (secondary N) is 2. The largest absolute Gasteiger partial charge is 0.370 e. The number of benzene rings is 2. The summed E-state index contributed by atoms with van der Waals surface area (Å²) in [5.74, 6) is -0.688. The fourth-order valence-electron chi connectivity index (χ4n) is 3.08. The van der Waals surface area contributed by atoms with Crippen LogP contribution in [0.25, 0.3) is 0 Å². The number of amides is 2. The summed E-state index contributed by atoms with van der Waals surface area (Å²) in [4.78, 5) is 26.9. The van der Waals surface area contributed by atoms with Gasteiger partial charge in [0.1, 0.15) is 5.82 Å². The minimum Gasteiger partial charge on any atom is -0.370 e. The van der Waals surface area contributed by atoms with Gasteiger partial charge in [0, 0.05) is 23.8 Å². The van der Waals surface area contributed by atoms with Crippen LogP contribution in [0.1, 0.15) is 19.8 Å². The second-order valence-corrected chi connectivity index (χ2v) is 8.62. The van der Waals surface area contributed by atoms with Crippen LogP contribution in [0.2, 0.25) is 5.02 Å². The molecule has 0 radical (unpaired) electrons. The number of halogens is 2. The minimum atomic E-state index is -0.431. The molecule has 5 nitrogen and oxygen atoms in total. The van der Waals surface area contributed by atoms with Gasteiger partial charge in [0.2, 0.25) is 11.8 Å². The molecular formula is C21H23ClFN3O2S. The van der Waals surface area contributed by atoms with Crippen molar-refractivity contribution < 1.29 is 14.0 Å². The van der Waals surface area contributed by atoms with E-state index in [9.17, 15) is 14.0 Å². The molecule has 1 aliphatic heterocycles. The van der Waals surface area contributed by atoms with E-state index in [1.807, 2.05) is 12.1 Å². The Balaban J connectivity index is 1.54. The number of rotatable bonds is 7. The molecule has 2 amide bonds. The maximum absolute atomic E-state index is 12.9. The van der Waals surface area contributed by atoms with Crippen molar-refractivity contribution in [3.63, 3.8) is 0 Å². The quantitative estimate of drug-likeness (QED) is 0.657. The first-order valence-corrected chi connectivity index (χ1v) is 10.9. The van der Waals surface area contributed by atoms with E-state index in [0.717, 1.165) is 31.6 Å². The van der Waals surface area contributed by atoms with Gasteiger partial charge >= 0.3 is 0 Å². The van der Waals surface area contributed by atoms with E-state index in [1.54, 1.807) is 13.0 Å². The van der Waals surface area contributed by atoms with Crippen molar-refractivity contribution in [3.05, 3.63) is 53.3 Å². The summed E-state index contributed by atoms with van der Waals surface area (Å²) in [5, 5.41) is 5.76. The van der Waals surface area contributed by atoms with Gasteiger partial charge in [0.05, 0.1) is 22.4 Å². The van der Waals surface area contributed by atoms with Gasteiger partial charge in [-0.1, -0.05) is 11.6 Å². The van der Waals surface area contributed by atoms with Crippen LogP contribution in [0.5, 0.6) is 0 Å². The first-order chi connectivity index (χ1) is 13.9. The SMILES string of the molecule is CC(SCC(=O)Nc1ccc(F)cc1)C(=O)Nc1cc(Cl)ccc1N1CCCC1. The summed E-state index contributed by atoms with van der Waals surface area (Å²) in [6.07, 6.45) is 2.26. The topological polar surface area (TPSA) is 61.4 Å². The molecular weight excluding hydrogens is 413 g/mol. The van der Waals surface area contributed by atoms with E-state index >= 15 is 0 Å². The predicted molar refractivity (Wildman–Crippen MR) is 118 cm³/mol. The molecule has 2 aromatic rings. The fraction of sp³-hybridized carbons (Fsp3) is 0.333. The number of anilines is 3. The Morgan fingerprint density at radius 1 is 1.14 bits per heavy atom. The Morgan fingerprint density at radius 3 is 2.52 bits per heavy atom. The summed E-state index contributed by atoms with van der Waals surface area (Å²) >= 11 is 7.36. The zero-order valence-electron chi connectivity index (χ0n) is 16.1. The molecule has 1 heterocycles. The Morgan fingerprint density at radius 2 is 1.83 bits per heavy atom. The molecule has 154 valence electrons. The zero-order valence-corrected chi connectivity index (χ0v) is 17.7. The highest BCUT2D eigenvalue weighted by atomic mass is 35.5. The van der Waals surface area contributed by atoms with Crippen molar-refractivity contribution in [1.82, 2.24) is 0 Å². The first kappa shape index (κ1) is 21.5. The molecule has 0 saturated carbocycles. The Labute approximate surface area is 179 Å². The Bertz CT molecular complexity index is 873. The third kappa shape index (κ3) is 6.11. The van der Waals surface area contributed by atoms with Gasteiger partial charge in [0.15, 0.2) is 0 Å². The molecule has 1 unspecified atom stereocenters. The molecule has 0 spiro atoms. The van der Waals surface area contributed by atoms with Crippen molar-refractivity contribution in [2.75, 3.05) is 34.4 Å². The molecule has 2 N–H and O–H groups in total. The molecule has 0 bridgehead atoms. The van der Waals surface area contributed by atoms with E-state index in [1.165, 1.54) is 36.0 Å². The van der Waals surface area contributed by atoms with Crippen molar-refractivity contribution in [3.8, 4) is 0 Å². The highest BCUT2D eigenvalue weighted by Gasteiger charge is 2.20. The van der Waals surface area contributed by atoms with Crippen molar-refractivity contribution in [1.29, 1.82) is 0 Å². The lowest BCUT2D eigenvalue weighted by Gasteiger charge is -2.22. The second kappa shape index (κ2) is 9.98. The smallest absolute Gasteiger partial charge is 0.237 e. The van der Waals surface area contributed by atoms with Gasteiger partial charge in [-0.15, -0.1) is 11.8 Å². The van der Waals surface area contributed by atoms with Crippen LogP contribution in [0.15, 0.2) is 42.5 Å². The van der Waals surface area contributed by atoms with Crippen LogP contribution < -0.4 is 15.5 Å². The fourth-order valence-corrected chi connectivity index (χ4v) is 3.94. The third-order valence-electron chi connectivity index (χ3n) is 4.62. The molecule has 8 heteroatoms. The van der Waals surface area contributed by atoms with E-state index in [0.29, 0.717) is 16.4 Å². The molecule has 1 saturated heterocycles. The van der Waals surface area contributed by atoms with E-state index < -0.39 is 5.25 Å². The number of thioether (sulfide) groups is 1. The maximum atomic E-state index is 12.9. The average molecular weight is 436 g/mol. The standard InChI is InChI=1S/C21H23ClFN3O2S/c1-14(29-13-20(27)24-17-7-5-16(23)6-8-17)21(28)25-18-12-15(22)4-9-19(18)26-10-2-3-11-26/h4-9,12,14H,2-3,10-11,13H2,1H3,(H,24,27)(H,25,28). The molecule has 1 aliphatic rings. The van der Waals surface area contributed by atoms with Gasteiger partial charge in [0.25, 0.3) is 0 Å². The zero-order chi connectivity index (χ0) is 20.8. The van der Waals surface area contributed by atoms with E-state index in [-0.39, 0.29) is 23.4 Å². The van der Waals surface area contributed by atoms with Crippen LogP contribution in [0, 0.1) is 5.82 Å². The second-order valence-electron chi connectivity index (χ2n) is 6.85. The van der Waals surface area contributed by atoms with Gasteiger partial charge in [-0.3, -0.25) is 9.59 Å². The number of carbonyl (C=O) groups excluding carboxylic acids is 2. The number of hydrogen-bond donors (Lipinski definition) is 2. The Hall–Kier alpha value is -2.25. The van der Waals surface area contributed by atoms with Gasteiger partial charge in [-0.2, -0.15) is 0 Å². The van der Waals surface area contributed by atoms with Crippen LogP contribution in [0.3, 0.4) is 0 Å². The van der Waals surface area contributed by atoms with E-state index in [4.69, 9.17) is 11.6 Å². The summed E-state index contributed by atoms with van der Waals surface area (Å²) in [7, 11) is 0. The molecule has 0 aromatic heterocycles. The summed E-state index contributed by atoms with van der Waals surface area (Å²) in [6, 6.07) is 11.1. The lowest BCUT2D eigenvalue weighted by molar-refractivity contribution is -0.115. The number of nitrogens with zero attached hydrogens (tertiary/aromatic N) is 1. The first-order valence-electron chi connectivity index (χ1n) is 9.45. The lowest BCUT2D eigenvalue weighted by Crippen LogP contribution is -2.27. The maximum Gasteiger partial charge on any atom is 0.237 e. The molecule has 2 aromatic carbocycles. The van der Waals surface area contributed by atoms with Crippen LogP contribution in [-0.2, 0) is 9.59 Å². The lowest BCUT2D eigenvalue weighted by atomic mass is 10.2. The normalized spacial score (nSPS) is 14.5. The highest BCUT2D eigenvalue weighted by Crippen LogP contribution is 2.32. The van der Waals surface area contributed by atoms with Gasteiger partial charge < -0.3 is 15.5 Å². The van der Waals surface area contributed by atoms with Crippen LogP contribution >= 0.6 is 23.4 Å². The van der Waals surface area contributed by atoms with Gasteiger partial charge in [-0.25, -0.2) is 4.39 Å². The molecule has 0 aliphatic carbocycles. The molecule has 1 atom stereocenters. The predicted octanol–water partition coefficient (Wildman–Crippen LogP) is 4.78. The molecule has 29 heavy (non-hydrogen) atoms. The van der Waals surface area contributed by atoms with Crippen LogP contribution in [0.4, 0.5) is 21.5 Å². The van der Waals surface area contributed by atoms with Crippen molar-refractivity contribution >= 4 is 52.2 Å². The third-order valence-corrected chi connectivity index (χ3v) is 6.00. The molecule has 1 fully saturated rings. The summed E-state index contributed by atoms with van der Waals surface area (Å²) < 4.78 is 12.9. The average Bonchev–Trinajstić information content (AvgIpc) is 3.22. The minimum absolute atomic E-state index is 0.112. The summed E-state index contributed by atoms with van der Waals surface area (Å²) in [5.41, 5.74) is 2.17. The number of hydrogen-bond acceptors (Lipinski definition) is 4. The Kier molecular flexibility index (Phi) is 7.39. The number of carbonyl (C=O) groups is 2. The van der Waals surface area contributed by atoms with Crippen molar-refractivity contribution in [2.24, 2.45) is 0 Å². The molecule has 3 rings (SSSR count). The van der Waals surface area contributed by atoms with Crippen molar-refractivity contribution in [2.45, 2.75) is 25.0 Å². The monoisotopic (exact) mass is 435 g/mol.